The van der Waals surface area contributed by atoms with Crippen molar-refractivity contribution in [3.8, 4) is 11.5 Å². The van der Waals surface area contributed by atoms with Gasteiger partial charge in [-0.2, -0.15) is 18.1 Å². The van der Waals surface area contributed by atoms with Crippen LogP contribution in [0.5, 0.6) is 11.5 Å². The van der Waals surface area contributed by atoms with E-state index in [1.807, 2.05) is 4.90 Å². The van der Waals surface area contributed by atoms with Crippen LogP contribution in [-0.2, 0) is 22.2 Å². The summed E-state index contributed by atoms with van der Waals surface area (Å²) >= 11 is 0. The number of urea groups is 1. The van der Waals surface area contributed by atoms with E-state index >= 15 is 0 Å². The summed E-state index contributed by atoms with van der Waals surface area (Å²) in [6, 6.07) is 6.96. The highest BCUT2D eigenvalue weighted by molar-refractivity contribution is 6.18. The number of anilines is 1. The summed E-state index contributed by atoms with van der Waals surface area (Å²) in [6.07, 6.45) is -4.61. The lowest BCUT2D eigenvalue weighted by atomic mass is 9.98. The lowest BCUT2D eigenvalue weighted by Crippen LogP contribution is -2.62. The molecule has 11 heteroatoms. The highest BCUT2D eigenvalue weighted by Gasteiger charge is 2.73. The van der Waals surface area contributed by atoms with E-state index < -0.39 is 40.2 Å². The minimum absolute atomic E-state index is 0.0105. The van der Waals surface area contributed by atoms with Gasteiger partial charge in [0.05, 0.1) is 38.6 Å². The van der Waals surface area contributed by atoms with Gasteiger partial charge in [-0.15, -0.1) is 0 Å². The quantitative estimate of drug-likeness (QED) is 0.458. The number of imide groups is 1. The Labute approximate surface area is 199 Å². The Hall–Kier alpha value is -3.44. The van der Waals surface area contributed by atoms with Crippen molar-refractivity contribution in [2.45, 2.75) is 24.7 Å². The first-order chi connectivity index (χ1) is 16.6. The fourth-order valence-corrected chi connectivity index (χ4v) is 5.47. The number of methoxy groups -OCH3 is 2. The molecule has 0 aliphatic carbocycles. The number of benzene rings is 2. The minimum atomic E-state index is -4.62. The molecule has 1 spiro atoms. The molecule has 184 valence electrons. The molecule has 2 aromatic carbocycles. The number of alkyl halides is 3. The third kappa shape index (κ3) is 3.49. The molecular formula is C24H23F3N3O5+. The van der Waals surface area contributed by atoms with E-state index in [1.54, 1.807) is 18.2 Å². The number of hydrogen-bond acceptors (Lipinski definition) is 6. The number of rotatable bonds is 6. The summed E-state index contributed by atoms with van der Waals surface area (Å²) in [5.41, 5.74) is -0.429. The first-order valence-corrected chi connectivity index (χ1v) is 11.0. The van der Waals surface area contributed by atoms with Crippen LogP contribution in [0.4, 0.5) is 23.7 Å². The first-order valence-electron chi connectivity index (χ1n) is 11.0. The smallest absolute Gasteiger partial charge is 0.433 e. The normalized spacial score (nSPS) is 27.3. The van der Waals surface area contributed by atoms with Crippen molar-refractivity contribution in [1.82, 2.24) is 4.90 Å². The van der Waals surface area contributed by atoms with E-state index in [0.717, 1.165) is 23.1 Å². The van der Waals surface area contributed by atoms with E-state index in [4.69, 9.17) is 9.47 Å². The van der Waals surface area contributed by atoms with Crippen molar-refractivity contribution in [2.24, 2.45) is 0 Å². The van der Waals surface area contributed by atoms with Gasteiger partial charge >= 0.3 is 12.2 Å². The van der Waals surface area contributed by atoms with Crippen molar-refractivity contribution in [3.63, 3.8) is 0 Å². The maximum atomic E-state index is 13.7. The Bertz CT molecular complexity index is 1230. The number of piperazine rings is 1. The molecule has 0 N–H and O–H groups in total. The number of quaternary nitrogens is 1. The molecule has 2 bridgehead atoms. The second kappa shape index (κ2) is 8.06. The van der Waals surface area contributed by atoms with Crippen molar-refractivity contribution in [3.05, 3.63) is 53.6 Å². The molecule has 4 atom stereocenters. The number of nitrogens with zero attached hydrogens (tertiary/aromatic N) is 3. The summed E-state index contributed by atoms with van der Waals surface area (Å²) in [6.45, 7) is 0.755. The summed E-state index contributed by atoms with van der Waals surface area (Å²) in [5, 5.41) is 0. The molecule has 35 heavy (non-hydrogen) atoms. The topological polar surface area (TPSA) is 76.2 Å². The second-order valence-electron chi connectivity index (χ2n) is 8.98. The Morgan fingerprint density at radius 1 is 1.06 bits per heavy atom. The van der Waals surface area contributed by atoms with Gasteiger partial charge in [0.25, 0.3) is 5.91 Å². The third-order valence-corrected chi connectivity index (χ3v) is 7.09. The number of ether oxygens (including phenoxy) is 2. The Morgan fingerprint density at radius 2 is 1.80 bits per heavy atom. The first kappa shape index (κ1) is 23.3. The Morgan fingerprint density at radius 3 is 2.49 bits per heavy atom. The van der Waals surface area contributed by atoms with E-state index in [1.165, 1.54) is 20.3 Å². The van der Waals surface area contributed by atoms with E-state index in [2.05, 4.69) is 0 Å². The van der Waals surface area contributed by atoms with E-state index in [9.17, 15) is 27.6 Å². The monoisotopic (exact) mass is 490 g/mol. The molecule has 0 radical (unpaired) electrons. The van der Waals surface area contributed by atoms with Crippen LogP contribution in [0.1, 0.15) is 11.1 Å². The van der Waals surface area contributed by atoms with Gasteiger partial charge in [0.1, 0.15) is 6.67 Å². The highest BCUT2D eigenvalue weighted by Crippen LogP contribution is 2.44. The molecule has 0 aromatic heterocycles. The number of carbonyl (C=O) groups is 3. The molecule has 5 rings (SSSR count). The predicted molar refractivity (Wildman–Crippen MR) is 117 cm³/mol. The van der Waals surface area contributed by atoms with Crippen LogP contribution in [0, 0.1) is 0 Å². The molecule has 3 aliphatic rings. The largest absolute Gasteiger partial charge is 0.493 e. The number of halogens is 3. The number of hydrogen-bond donors (Lipinski definition) is 0. The van der Waals surface area contributed by atoms with Gasteiger partial charge < -0.3 is 9.47 Å². The van der Waals surface area contributed by atoms with Gasteiger partial charge in [-0.1, -0.05) is 12.1 Å². The fraction of sp³-hybridized carbons (Fsp3) is 0.375. The van der Waals surface area contributed by atoms with Crippen molar-refractivity contribution < 1.29 is 41.5 Å². The molecule has 3 heterocycles. The SMILES string of the molecule is COc1ccc(CC(=O)C2CN3CC4C(=O)N(c5cccc(C(F)(F)F)c5)C(=O)[N+]24C3)cc1OC. The van der Waals surface area contributed by atoms with E-state index in [-0.39, 0.29) is 31.1 Å². The summed E-state index contributed by atoms with van der Waals surface area (Å²) in [7, 11) is 2.99. The van der Waals surface area contributed by atoms with Crippen LogP contribution in [-0.4, -0.2) is 73.2 Å². The van der Waals surface area contributed by atoms with Crippen molar-refractivity contribution in [2.75, 3.05) is 38.9 Å². The summed E-state index contributed by atoms with van der Waals surface area (Å²) < 4.78 is 49.8. The zero-order chi connectivity index (χ0) is 25.1. The highest BCUT2D eigenvalue weighted by atomic mass is 19.4. The molecule has 4 unspecified atom stereocenters. The molecule has 3 amide bonds. The van der Waals surface area contributed by atoms with Gasteiger partial charge in [0, 0.05) is 6.42 Å². The number of fused-ring (bicyclic) bond motifs is 1. The van der Waals surface area contributed by atoms with Crippen LogP contribution in [0.2, 0.25) is 0 Å². The average Bonchev–Trinajstić information content (AvgIpc) is 3.46. The van der Waals surface area contributed by atoms with Crippen molar-refractivity contribution in [1.29, 1.82) is 0 Å². The Kier molecular flexibility index (Phi) is 5.37. The van der Waals surface area contributed by atoms with Crippen LogP contribution < -0.4 is 14.4 Å². The summed E-state index contributed by atoms with van der Waals surface area (Å²) in [4.78, 5) is 43.1. The zero-order valence-electron chi connectivity index (χ0n) is 19.0. The van der Waals surface area contributed by atoms with Crippen LogP contribution >= 0.6 is 0 Å². The van der Waals surface area contributed by atoms with Gasteiger partial charge in [-0.05, 0) is 35.9 Å². The van der Waals surface area contributed by atoms with Crippen LogP contribution in [0.15, 0.2) is 42.5 Å². The minimum Gasteiger partial charge on any atom is -0.493 e. The van der Waals surface area contributed by atoms with E-state index in [0.29, 0.717) is 23.6 Å². The maximum absolute atomic E-state index is 13.7. The number of carbonyl (C=O) groups excluding carboxylic acids is 3. The molecule has 3 aliphatic heterocycles. The molecule has 8 nitrogen and oxygen atoms in total. The van der Waals surface area contributed by atoms with Gasteiger partial charge in [-0.25, -0.2) is 14.2 Å². The van der Waals surface area contributed by atoms with Gasteiger partial charge in [-0.3, -0.25) is 9.59 Å². The number of amides is 3. The average molecular weight is 490 g/mol. The molecule has 3 fully saturated rings. The van der Waals surface area contributed by atoms with Gasteiger partial charge in [0.2, 0.25) is 0 Å². The summed E-state index contributed by atoms with van der Waals surface area (Å²) in [5.74, 6) is 0.164. The third-order valence-electron chi connectivity index (χ3n) is 7.09. The van der Waals surface area contributed by atoms with Crippen LogP contribution in [0.3, 0.4) is 0 Å². The lowest BCUT2D eigenvalue weighted by Gasteiger charge is -2.32. The second-order valence-corrected chi connectivity index (χ2v) is 8.98. The number of Topliss-reactive ketones (excluding diaryl/α,β-unsaturated/α-hetero) is 1. The molecule has 0 saturated carbocycles. The molecular weight excluding hydrogens is 467 g/mol. The van der Waals surface area contributed by atoms with Gasteiger partial charge in [0.15, 0.2) is 29.4 Å². The van der Waals surface area contributed by atoms with Crippen LogP contribution in [0.25, 0.3) is 0 Å². The zero-order valence-corrected chi connectivity index (χ0v) is 19.0. The predicted octanol–water partition coefficient (Wildman–Crippen LogP) is 2.84. The maximum Gasteiger partial charge on any atom is 0.433 e. The Balaban J connectivity index is 1.45. The molecule has 2 aromatic rings. The standard InChI is InChI=1S/C24H23F3N3O5/c1-34-20-7-6-14(9-21(20)35-2)8-19(31)17-11-28-12-18-22(32)29(23(33)30(17,18)13-28)16-5-3-4-15(10-16)24(25,26)27/h3-7,9-10,17-18H,8,11-13H2,1-2H3/q+1. The number of ketones is 1. The molecule has 3 saturated heterocycles. The van der Waals surface area contributed by atoms with Crippen molar-refractivity contribution >= 4 is 23.4 Å². The fourth-order valence-electron chi connectivity index (χ4n) is 5.47. The lowest BCUT2D eigenvalue weighted by molar-refractivity contribution is -0.852.